The largest absolute Gasteiger partial charge is 0.497 e. The highest BCUT2D eigenvalue weighted by atomic mass is 16.5. The van der Waals surface area contributed by atoms with Crippen molar-refractivity contribution in [1.82, 2.24) is 10.2 Å². The number of carbonyl (C=O) groups is 2. The lowest BCUT2D eigenvalue weighted by Gasteiger charge is -2.17. The zero-order valence-corrected chi connectivity index (χ0v) is 19.2. The lowest BCUT2D eigenvalue weighted by atomic mass is 10.2. The van der Waals surface area contributed by atoms with Crippen LogP contribution >= 0.6 is 0 Å². The number of hydrogen-bond acceptors (Lipinski definition) is 5. The van der Waals surface area contributed by atoms with Crippen molar-refractivity contribution in [1.29, 1.82) is 0 Å². The fraction of sp³-hybridized carbons (Fsp3) is 0.259. The molecule has 1 heterocycles. The predicted molar refractivity (Wildman–Crippen MR) is 131 cm³/mol. The summed E-state index contributed by atoms with van der Waals surface area (Å²) in [6, 6.07) is 24.4. The topological polar surface area (TPSA) is 79.9 Å². The molecule has 3 aromatic rings. The molecule has 1 atom stereocenters. The van der Waals surface area contributed by atoms with E-state index in [0.717, 1.165) is 26.1 Å². The van der Waals surface area contributed by atoms with E-state index in [9.17, 15) is 9.59 Å². The molecular formula is C27H29N3O4. The summed E-state index contributed by atoms with van der Waals surface area (Å²) in [5.41, 5.74) is 2.48. The number of rotatable bonds is 9. The summed E-state index contributed by atoms with van der Waals surface area (Å²) in [5.74, 6) is 0.798. The Morgan fingerprint density at radius 3 is 2.53 bits per heavy atom. The molecule has 1 fully saturated rings. The van der Waals surface area contributed by atoms with Gasteiger partial charge in [-0.2, -0.15) is 0 Å². The summed E-state index contributed by atoms with van der Waals surface area (Å²) in [5, 5.41) is 5.89. The van der Waals surface area contributed by atoms with E-state index in [-0.39, 0.29) is 24.5 Å². The van der Waals surface area contributed by atoms with Gasteiger partial charge in [0, 0.05) is 43.0 Å². The maximum atomic E-state index is 12.7. The molecule has 176 valence electrons. The average Bonchev–Trinajstić information content (AvgIpc) is 3.30. The van der Waals surface area contributed by atoms with Crippen LogP contribution in [0.25, 0.3) is 0 Å². The molecule has 34 heavy (non-hydrogen) atoms. The molecule has 0 aromatic heterocycles. The quantitative estimate of drug-likeness (QED) is 0.510. The fourth-order valence-corrected chi connectivity index (χ4v) is 3.95. The molecule has 4 rings (SSSR count). The van der Waals surface area contributed by atoms with E-state index in [2.05, 4.69) is 27.7 Å². The number of anilines is 1. The summed E-state index contributed by atoms with van der Waals surface area (Å²) in [7, 11) is 1.57. The highest BCUT2D eigenvalue weighted by Gasteiger charge is 2.24. The first-order chi connectivity index (χ1) is 16.6. The highest BCUT2D eigenvalue weighted by Crippen LogP contribution is 2.18. The minimum Gasteiger partial charge on any atom is -0.497 e. The minimum atomic E-state index is -0.281. The Bertz CT molecular complexity index is 1100. The van der Waals surface area contributed by atoms with Gasteiger partial charge < -0.3 is 20.1 Å². The second-order valence-corrected chi connectivity index (χ2v) is 8.27. The van der Waals surface area contributed by atoms with Crippen molar-refractivity contribution >= 4 is 17.5 Å². The summed E-state index contributed by atoms with van der Waals surface area (Å²) in [6.45, 7) is 2.56. The van der Waals surface area contributed by atoms with Gasteiger partial charge in [-0.3, -0.25) is 14.5 Å². The first-order valence-electron chi connectivity index (χ1n) is 11.3. The zero-order chi connectivity index (χ0) is 23.8. The molecule has 0 saturated carbocycles. The molecule has 0 unspecified atom stereocenters. The van der Waals surface area contributed by atoms with E-state index < -0.39 is 0 Å². The van der Waals surface area contributed by atoms with Crippen molar-refractivity contribution in [3.05, 3.63) is 90.0 Å². The van der Waals surface area contributed by atoms with Crippen molar-refractivity contribution in [3.63, 3.8) is 0 Å². The number of amides is 2. The van der Waals surface area contributed by atoms with Gasteiger partial charge in [0.05, 0.1) is 7.11 Å². The molecular weight excluding hydrogens is 430 g/mol. The summed E-state index contributed by atoms with van der Waals surface area (Å²) in [6.07, 6.45) is 0.933. The van der Waals surface area contributed by atoms with Gasteiger partial charge in [-0.05, 0) is 48.4 Å². The Morgan fingerprint density at radius 2 is 1.76 bits per heavy atom. The van der Waals surface area contributed by atoms with Gasteiger partial charge in [0.2, 0.25) is 0 Å². The number of carbonyl (C=O) groups excluding carboxylic acids is 2. The summed E-state index contributed by atoms with van der Waals surface area (Å²) in [4.78, 5) is 27.2. The zero-order valence-electron chi connectivity index (χ0n) is 19.2. The van der Waals surface area contributed by atoms with Gasteiger partial charge in [0.15, 0.2) is 6.61 Å². The summed E-state index contributed by atoms with van der Waals surface area (Å²) < 4.78 is 10.7. The Labute approximate surface area is 199 Å². The first kappa shape index (κ1) is 23.3. The molecule has 3 aromatic carbocycles. The Balaban J connectivity index is 1.21. The monoisotopic (exact) mass is 459 g/mol. The van der Waals surface area contributed by atoms with Crippen LogP contribution in [0.2, 0.25) is 0 Å². The molecule has 7 nitrogen and oxygen atoms in total. The Hall–Kier alpha value is -3.84. The van der Waals surface area contributed by atoms with E-state index in [1.165, 1.54) is 5.56 Å². The normalized spacial score (nSPS) is 15.5. The van der Waals surface area contributed by atoms with Gasteiger partial charge in [0.25, 0.3) is 11.8 Å². The van der Waals surface area contributed by atoms with Crippen molar-refractivity contribution in [2.45, 2.75) is 19.0 Å². The number of ether oxygens (including phenoxy) is 2. The third-order valence-corrected chi connectivity index (χ3v) is 5.70. The standard InChI is InChI=1S/C27H29N3O4/c1-33-25-9-5-8-22(16-25)28-26(31)19-34-24-12-10-21(11-13-24)27(32)29-23-14-15-30(18-23)17-20-6-3-2-4-7-20/h2-13,16,23H,14-15,17-19H2,1H3,(H,28,31)(H,29,32)/t23-/m0/s1. The van der Waals surface area contributed by atoms with Crippen molar-refractivity contribution in [2.75, 3.05) is 32.1 Å². The van der Waals surface area contributed by atoms with Crippen LogP contribution in [0, 0.1) is 0 Å². The smallest absolute Gasteiger partial charge is 0.262 e. The number of benzene rings is 3. The highest BCUT2D eigenvalue weighted by molar-refractivity contribution is 5.94. The second kappa shape index (κ2) is 11.3. The van der Waals surface area contributed by atoms with Crippen molar-refractivity contribution in [3.8, 4) is 11.5 Å². The van der Waals surface area contributed by atoms with E-state index in [0.29, 0.717) is 22.7 Å². The van der Waals surface area contributed by atoms with Crippen LogP contribution < -0.4 is 20.1 Å². The van der Waals surface area contributed by atoms with Crippen LogP contribution in [0.1, 0.15) is 22.3 Å². The lowest BCUT2D eigenvalue weighted by Crippen LogP contribution is -2.36. The van der Waals surface area contributed by atoms with Gasteiger partial charge in [0.1, 0.15) is 11.5 Å². The van der Waals surface area contributed by atoms with E-state index in [1.807, 2.05) is 18.2 Å². The van der Waals surface area contributed by atoms with Gasteiger partial charge in [-0.15, -0.1) is 0 Å². The predicted octanol–water partition coefficient (Wildman–Crippen LogP) is 3.72. The van der Waals surface area contributed by atoms with Gasteiger partial charge in [-0.1, -0.05) is 36.4 Å². The Kier molecular flexibility index (Phi) is 7.78. The molecule has 2 amide bonds. The van der Waals surface area contributed by atoms with Crippen LogP contribution in [-0.2, 0) is 11.3 Å². The van der Waals surface area contributed by atoms with E-state index >= 15 is 0 Å². The Morgan fingerprint density at radius 1 is 0.971 bits per heavy atom. The number of hydrogen-bond donors (Lipinski definition) is 2. The van der Waals surface area contributed by atoms with Crippen LogP contribution in [-0.4, -0.2) is 49.6 Å². The van der Waals surface area contributed by atoms with Gasteiger partial charge in [-0.25, -0.2) is 0 Å². The van der Waals surface area contributed by atoms with Crippen LogP contribution in [0.15, 0.2) is 78.9 Å². The number of methoxy groups -OCH3 is 1. The third-order valence-electron chi connectivity index (χ3n) is 5.70. The van der Waals surface area contributed by atoms with Crippen LogP contribution in [0.5, 0.6) is 11.5 Å². The third kappa shape index (κ3) is 6.59. The SMILES string of the molecule is COc1cccc(NC(=O)COc2ccc(C(=O)N[C@H]3CCN(Cc4ccccc4)C3)cc2)c1. The summed E-state index contributed by atoms with van der Waals surface area (Å²) >= 11 is 0. The van der Waals surface area contributed by atoms with Crippen LogP contribution in [0.3, 0.4) is 0 Å². The first-order valence-corrected chi connectivity index (χ1v) is 11.3. The molecule has 0 bridgehead atoms. The molecule has 0 aliphatic carbocycles. The molecule has 0 radical (unpaired) electrons. The van der Waals surface area contributed by atoms with E-state index in [4.69, 9.17) is 9.47 Å². The molecule has 0 spiro atoms. The van der Waals surface area contributed by atoms with Crippen molar-refractivity contribution < 1.29 is 19.1 Å². The molecule has 1 aliphatic rings. The maximum Gasteiger partial charge on any atom is 0.262 e. The maximum absolute atomic E-state index is 12.7. The number of nitrogens with one attached hydrogen (secondary N) is 2. The second-order valence-electron chi connectivity index (χ2n) is 8.27. The molecule has 7 heteroatoms. The number of nitrogens with zero attached hydrogens (tertiary/aromatic N) is 1. The number of likely N-dealkylation sites (tertiary alicyclic amines) is 1. The molecule has 1 saturated heterocycles. The van der Waals surface area contributed by atoms with Crippen LogP contribution in [0.4, 0.5) is 5.69 Å². The van der Waals surface area contributed by atoms with Gasteiger partial charge >= 0.3 is 0 Å². The molecule has 1 aliphatic heterocycles. The lowest BCUT2D eigenvalue weighted by molar-refractivity contribution is -0.118. The average molecular weight is 460 g/mol. The fourth-order valence-electron chi connectivity index (χ4n) is 3.95. The van der Waals surface area contributed by atoms with E-state index in [1.54, 1.807) is 55.6 Å². The van der Waals surface area contributed by atoms with Crippen molar-refractivity contribution in [2.24, 2.45) is 0 Å². The molecule has 2 N–H and O–H groups in total. The minimum absolute atomic E-state index is 0.103.